The first kappa shape index (κ1) is 10.9. The molecular formula is C14H10F2N2. The molecule has 0 atom stereocenters. The van der Waals surface area contributed by atoms with E-state index in [-0.39, 0.29) is 11.6 Å². The van der Waals surface area contributed by atoms with E-state index in [0.717, 1.165) is 0 Å². The molecule has 0 N–H and O–H groups in total. The van der Waals surface area contributed by atoms with Crippen molar-refractivity contribution in [3.8, 4) is 11.3 Å². The Morgan fingerprint density at radius 1 is 1.06 bits per heavy atom. The van der Waals surface area contributed by atoms with Crippen LogP contribution in [0.5, 0.6) is 0 Å². The van der Waals surface area contributed by atoms with Gasteiger partial charge in [-0.25, -0.2) is 13.8 Å². The molecule has 0 radical (unpaired) electrons. The predicted octanol–water partition coefficient (Wildman–Crippen LogP) is 3.59. The largest absolute Gasteiger partial charge is 0.304 e. The molecule has 0 amide bonds. The highest BCUT2D eigenvalue weighted by atomic mass is 19.1. The Morgan fingerprint density at radius 3 is 2.67 bits per heavy atom. The molecule has 0 spiro atoms. The number of halogens is 2. The Hall–Kier alpha value is -2.23. The first-order valence-corrected chi connectivity index (χ1v) is 5.54. The van der Waals surface area contributed by atoms with Gasteiger partial charge in [0.2, 0.25) is 0 Å². The number of pyridine rings is 1. The van der Waals surface area contributed by atoms with Crippen LogP contribution in [-0.2, 0) is 0 Å². The zero-order valence-electron chi connectivity index (χ0n) is 9.69. The maximum absolute atomic E-state index is 13.5. The van der Waals surface area contributed by atoms with E-state index in [1.54, 1.807) is 35.7 Å². The summed E-state index contributed by atoms with van der Waals surface area (Å²) in [6.07, 6.45) is 3.03. The molecule has 0 aliphatic rings. The standard InChI is InChI=1S/C14H10F2N2/c1-9-2-3-10(6-12(9)16)13-8-18-7-11(15)4-5-14(18)17-13/h2-8H,1H3. The second-order valence-corrected chi connectivity index (χ2v) is 4.20. The lowest BCUT2D eigenvalue weighted by Crippen LogP contribution is -1.84. The Balaban J connectivity index is 2.16. The number of aryl methyl sites for hydroxylation is 1. The minimum Gasteiger partial charge on any atom is -0.304 e. The van der Waals surface area contributed by atoms with E-state index < -0.39 is 0 Å². The maximum atomic E-state index is 13.5. The van der Waals surface area contributed by atoms with Crippen LogP contribution in [0.25, 0.3) is 16.9 Å². The third-order valence-electron chi connectivity index (χ3n) is 2.88. The first-order chi connectivity index (χ1) is 8.63. The molecule has 0 aliphatic carbocycles. The fraction of sp³-hybridized carbons (Fsp3) is 0.0714. The van der Waals surface area contributed by atoms with Crippen LogP contribution in [0, 0.1) is 18.6 Å². The molecule has 3 aromatic rings. The van der Waals surface area contributed by atoms with Crippen LogP contribution in [0.15, 0.2) is 42.7 Å². The van der Waals surface area contributed by atoms with Crippen LogP contribution in [0.3, 0.4) is 0 Å². The highest BCUT2D eigenvalue weighted by Crippen LogP contribution is 2.21. The highest BCUT2D eigenvalue weighted by molar-refractivity contribution is 5.63. The van der Waals surface area contributed by atoms with Gasteiger partial charge in [-0.3, -0.25) is 0 Å². The van der Waals surface area contributed by atoms with Crippen molar-refractivity contribution in [3.63, 3.8) is 0 Å². The third-order valence-corrected chi connectivity index (χ3v) is 2.88. The van der Waals surface area contributed by atoms with Crippen molar-refractivity contribution in [1.29, 1.82) is 0 Å². The van der Waals surface area contributed by atoms with Crippen molar-refractivity contribution < 1.29 is 8.78 Å². The minimum absolute atomic E-state index is 0.268. The summed E-state index contributed by atoms with van der Waals surface area (Å²) < 4.78 is 28.1. The summed E-state index contributed by atoms with van der Waals surface area (Å²) in [4.78, 5) is 4.32. The number of aromatic nitrogens is 2. The summed E-state index contributed by atoms with van der Waals surface area (Å²) in [5.74, 6) is -0.600. The number of benzene rings is 1. The Kier molecular flexibility index (Phi) is 2.37. The molecule has 4 heteroatoms. The van der Waals surface area contributed by atoms with Crippen LogP contribution in [0.2, 0.25) is 0 Å². The summed E-state index contributed by atoms with van der Waals surface area (Å²) >= 11 is 0. The van der Waals surface area contributed by atoms with Crippen molar-refractivity contribution >= 4 is 5.65 Å². The summed E-state index contributed by atoms with van der Waals surface area (Å²) in [6.45, 7) is 1.71. The van der Waals surface area contributed by atoms with Gasteiger partial charge in [-0.05, 0) is 30.7 Å². The van der Waals surface area contributed by atoms with E-state index in [1.165, 1.54) is 18.3 Å². The summed E-state index contributed by atoms with van der Waals surface area (Å²) in [5.41, 5.74) is 2.53. The zero-order chi connectivity index (χ0) is 12.7. The van der Waals surface area contributed by atoms with Gasteiger partial charge in [-0.2, -0.15) is 0 Å². The quantitative estimate of drug-likeness (QED) is 0.639. The molecule has 0 saturated heterocycles. The highest BCUT2D eigenvalue weighted by Gasteiger charge is 2.07. The van der Waals surface area contributed by atoms with Crippen LogP contribution in [-0.4, -0.2) is 9.38 Å². The molecule has 3 rings (SSSR count). The minimum atomic E-state index is -0.332. The lowest BCUT2D eigenvalue weighted by atomic mass is 10.1. The molecule has 0 unspecified atom stereocenters. The Morgan fingerprint density at radius 2 is 1.89 bits per heavy atom. The number of nitrogens with zero attached hydrogens (tertiary/aromatic N) is 2. The van der Waals surface area contributed by atoms with E-state index in [1.807, 2.05) is 0 Å². The van der Waals surface area contributed by atoms with Crippen LogP contribution in [0.4, 0.5) is 8.78 Å². The molecule has 0 saturated carbocycles. The predicted molar refractivity (Wildman–Crippen MR) is 65.3 cm³/mol. The molecule has 2 nitrogen and oxygen atoms in total. The van der Waals surface area contributed by atoms with Crippen molar-refractivity contribution in [1.82, 2.24) is 9.38 Å². The van der Waals surface area contributed by atoms with Gasteiger partial charge in [0.15, 0.2) is 0 Å². The van der Waals surface area contributed by atoms with Gasteiger partial charge in [0.05, 0.1) is 5.69 Å². The molecule has 0 fully saturated rings. The summed E-state index contributed by atoms with van der Waals surface area (Å²) in [7, 11) is 0. The fourth-order valence-corrected chi connectivity index (χ4v) is 1.86. The van der Waals surface area contributed by atoms with Crippen molar-refractivity contribution in [2.45, 2.75) is 6.92 Å². The van der Waals surface area contributed by atoms with Crippen LogP contribution < -0.4 is 0 Å². The number of hydrogen-bond donors (Lipinski definition) is 0. The van der Waals surface area contributed by atoms with E-state index in [9.17, 15) is 8.78 Å². The van der Waals surface area contributed by atoms with Gasteiger partial charge in [0.1, 0.15) is 17.3 Å². The average molecular weight is 244 g/mol. The molecule has 2 aromatic heterocycles. The topological polar surface area (TPSA) is 17.3 Å². The third kappa shape index (κ3) is 1.76. The van der Waals surface area contributed by atoms with Crippen LogP contribution >= 0.6 is 0 Å². The van der Waals surface area contributed by atoms with E-state index in [0.29, 0.717) is 22.5 Å². The molecular weight excluding hydrogens is 234 g/mol. The lowest BCUT2D eigenvalue weighted by molar-refractivity contribution is 0.618. The lowest BCUT2D eigenvalue weighted by Gasteiger charge is -1.99. The smallest absolute Gasteiger partial charge is 0.139 e. The van der Waals surface area contributed by atoms with Crippen molar-refractivity contribution in [2.75, 3.05) is 0 Å². The molecule has 2 heterocycles. The van der Waals surface area contributed by atoms with Crippen LogP contribution in [0.1, 0.15) is 5.56 Å². The second kappa shape index (κ2) is 3.91. The summed E-state index contributed by atoms with van der Waals surface area (Å²) in [6, 6.07) is 7.88. The van der Waals surface area contributed by atoms with Gasteiger partial charge in [-0.1, -0.05) is 12.1 Å². The number of hydrogen-bond acceptors (Lipinski definition) is 1. The second-order valence-electron chi connectivity index (χ2n) is 4.20. The maximum Gasteiger partial charge on any atom is 0.139 e. The molecule has 1 aromatic carbocycles. The molecule has 0 aliphatic heterocycles. The molecule has 18 heavy (non-hydrogen) atoms. The van der Waals surface area contributed by atoms with E-state index in [2.05, 4.69) is 4.98 Å². The number of rotatable bonds is 1. The number of imidazole rings is 1. The average Bonchev–Trinajstić information content (AvgIpc) is 2.75. The molecule has 90 valence electrons. The molecule has 0 bridgehead atoms. The van der Waals surface area contributed by atoms with Crippen molar-refractivity contribution in [2.24, 2.45) is 0 Å². The fourth-order valence-electron chi connectivity index (χ4n) is 1.86. The van der Waals surface area contributed by atoms with Gasteiger partial charge in [0.25, 0.3) is 0 Å². The van der Waals surface area contributed by atoms with Gasteiger partial charge >= 0.3 is 0 Å². The normalized spacial score (nSPS) is 11.1. The number of fused-ring (bicyclic) bond motifs is 1. The van der Waals surface area contributed by atoms with E-state index in [4.69, 9.17) is 0 Å². The Bertz CT molecular complexity index is 732. The van der Waals surface area contributed by atoms with Gasteiger partial charge in [-0.15, -0.1) is 0 Å². The SMILES string of the molecule is Cc1ccc(-c2cn3cc(F)ccc3n2)cc1F. The monoisotopic (exact) mass is 244 g/mol. The summed E-state index contributed by atoms with van der Waals surface area (Å²) in [5, 5.41) is 0. The Labute approximate surface area is 103 Å². The van der Waals surface area contributed by atoms with Crippen molar-refractivity contribution in [3.05, 3.63) is 59.9 Å². The van der Waals surface area contributed by atoms with Gasteiger partial charge in [0, 0.05) is 18.0 Å². The first-order valence-electron chi connectivity index (χ1n) is 5.54. The zero-order valence-corrected chi connectivity index (χ0v) is 9.69. The van der Waals surface area contributed by atoms with Gasteiger partial charge < -0.3 is 4.40 Å². The van der Waals surface area contributed by atoms with E-state index >= 15 is 0 Å².